The first-order valence-electron chi connectivity index (χ1n) is 9.46. The molecule has 0 spiro atoms. The van der Waals surface area contributed by atoms with Crippen LogP contribution in [0.1, 0.15) is 36.5 Å². The quantitative estimate of drug-likeness (QED) is 0.363. The molecule has 2 aromatic carbocycles. The lowest BCUT2D eigenvalue weighted by molar-refractivity contribution is -0.120. The summed E-state index contributed by atoms with van der Waals surface area (Å²) >= 11 is 7.14. The Labute approximate surface area is 192 Å². The average molecular weight is 537 g/mol. The molecular formula is C22H23Br2N3O3. The number of halogens is 2. The Bertz CT molecular complexity index is 1170. The highest BCUT2D eigenvalue weighted by Crippen LogP contribution is 2.42. The Morgan fingerprint density at radius 1 is 1.23 bits per heavy atom. The molecule has 30 heavy (non-hydrogen) atoms. The van der Waals surface area contributed by atoms with E-state index in [1.165, 1.54) is 0 Å². The number of benzene rings is 2. The molecule has 0 bridgehead atoms. The van der Waals surface area contributed by atoms with E-state index in [-0.39, 0.29) is 24.1 Å². The second-order valence-corrected chi connectivity index (χ2v) is 9.12. The molecule has 1 amide bonds. The molecule has 0 saturated heterocycles. The third-order valence-corrected chi connectivity index (χ3v) is 6.57. The lowest BCUT2D eigenvalue weighted by Gasteiger charge is -2.18. The standard InChI is InChI=1S/C22H23Br2N3O3/c1-11(2)17-15(23)9-13(4)18(24)21(17)30-10-16(28)25-26-19-14-8-6-7-12(3)20(14)27(5)22(19)29/h6-9,11,29H,10H2,1-5H3. The molecule has 3 rings (SSSR count). The first-order valence-corrected chi connectivity index (χ1v) is 11.0. The van der Waals surface area contributed by atoms with Gasteiger partial charge < -0.3 is 14.4 Å². The summed E-state index contributed by atoms with van der Waals surface area (Å²) < 4.78 is 9.21. The highest BCUT2D eigenvalue weighted by atomic mass is 79.9. The number of aryl methyl sites for hydroxylation is 3. The second kappa shape index (κ2) is 8.89. The lowest BCUT2D eigenvalue weighted by atomic mass is 10.0. The third kappa shape index (κ3) is 4.16. The maximum Gasteiger partial charge on any atom is 0.302 e. The van der Waals surface area contributed by atoms with Gasteiger partial charge in [0.05, 0.1) is 9.99 Å². The fourth-order valence-electron chi connectivity index (χ4n) is 3.46. The van der Waals surface area contributed by atoms with Crippen LogP contribution in [0.5, 0.6) is 11.6 Å². The molecule has 0 fully saturated rings. The van der Waals surface area contributed by atoms with Crippen LogP contribution in [0.4, 0.5) is 5.69 Å². The van der Waals surface area contributed by atoms with Crippen LogP contribution in [0, 0.1) is 13.8 Å². The van der Waals surface area contributed by atoms with Gasteiger partial charge in [-0.05, 0) is 52.9 Å². The van der Waals surface area contributed by atoms with E-state index >= 15 is 0 Å². The molecule has 0 aliphatic carbocycles. The molecule has 0 atom stereocenters. The first-order chi connectivity index (χ1) is 14.1. The van der Waals surface area contributed by atoms with Crippen molar-refractivity contribution in [2.45, 2.75) is 33.6 Å². The maximum atomic E-state index is 12.4. The molecule has 6 nitrogen and oxygen atoms in total. The molecule has 8 heteroatoms. The van der Waals surface area contributed by atoms with Gasteiger partial charge in [0.1, 0.15) is 5.75 Å². The lowest BCUT2D eigenvalue weighted by Crippen LogP contribution is -2.11. The summed E-state index contributed by atoms with van der Waals surface area (Å²) in [6.07, 6.45) is 0. The first kappa shape index (κ1) is 22.5. The van der Waals surface area contributed by atoms with E-state index in [1.807, 2.05) is 38.1 Å². The third-order valence-electron chi connectivity index (χ3n) is 4.93. The number of ether oxygens (including phenoxy) is 1. The van der Waals surface area contributed by atoms with Crippen LogP contribution >= 0.6 is 31.9 Å². The topological polar surface area (TPSA) is 76.2 Å². The van der Waals surface area contributed by atoms with Crippen molar-refractivity contribution in [3.63, 3.8) is 0 Å². The number of rotatable bonds is 5. The number of carbonyl (C=O) groups is 1. The zero-order valence-corrected chi connectivity index (χ0v) is 20.6. The van der Waals surface area contributed by atoms with Gasteiger partial charge in [-0.3, -0.25) is 4.79 Å². The number of carbonyl (C=O) groups excluding carboxylic acids is 1. The highest BCUT2D eigenvalue weighted by molar-refractivity contribution is 9.11. The van der Waals surface area contributed by atoms with Gasteiger partial charge in [0, 0.05) is 22.5 Å². The van der Waals surface area contributed by atoms with Crippen LogP contribution in [0.3, 0.4) is 0 Å². The zero-order valence-electron chi connectivity index (χ0n) is 17.5. The summed E-state index contributed by atoms with van der Waals surface area (Å²) in [7, 11) is 1.75. The van der Waals surface area contributed by atoms with Crippen molar-refractivity contribution in [1.29, 1.82) is 0 Å². The van der Waals surface area contributed by atoms with Crippen molar-refractivity contribution in [3.8, 4) is 11.6 Å². The number of amides is 1. The Balaban J connectivity index is 1.85. The molecule has 1 aromatic heterocycles. The Hall–Kier alpha value is -2.19. The summed E-state index contributed by atoms with van der Waals surface area (Å²) in [5.74, 6) is 0.227. The van der Waals surface area contributed by atoms with E-state index < -0.39 is 5.91 Å². The van der Waals surface area contributed by atoms with Gasteiger partial charge in [-0.2, -0.15) is 0 Å². The molecule has 158 valence electrons. The Morgan fingerprint density at radius 3 is 2.60 bits per heavy atom. The zero-order chi connectivity index (χ0) is 22.2. The van der Waals surface area contributed by atoms with E-state index in [9.17, 15) is 9.90 Å². The van der Waals surface area contributed by atoms with Gasteiger partial charge in [-0.1, -0.05) is 48.0 Å². The highest BCUT2D eigenvalue weighted by Gasteiger charge is 2.19. The van der Waals surface area contributed by atoms with Crippen molar-refractivity contribution in [2.75, 3.05) is 6.61 Å². The van der Waals surface area contributed by atoms with Gasteiger partial charge >= 0.3 is 5.91 Å². The predicted octanol–water partition coefficient (Wildman–Crippen LogP) is 6.84. The molecule has 0 aliphatic heterocycles. The SMILES string of the molecule is Cc1cc(Br)c(C(C)C)c(OCC(=O)N=Nc2c(O)n(C)c3c(C)cccc23)c1Br. The number of azo groups is 1. The van der Waals surface area contributed by atoms with Crippen molar-refractivity contribution in [2.24, 2.45) is 17.3 Å². The van der Waals surface area contributed by atoms with E-state index in [1.54, 1.807) is 11.6 Å². The maximum absolute atomic E-state index is 12.4. The van der Waals surface area contributed by atoms with E-state index in [2.05, 4.69) is 55.9 Å². The van der Waals surface area contributed by atoms with Gasteiger partial charge in [0.2, 0.25) is 5.88 Å². The van der Waals surface area contributed by atoms with E-state index in [0.29, 0.717) is 5.75 Å². The number of hydrogen-bond acceptors (Lipinski definition) is 4. The smallest absolute Gasteiger partial charge is 0.302 e. The van der Waals surface area contributed by atoms with Crippen LogP contribution in [0.15, 0.2) is 43.4 Å². The average Bonchev–Trinajstić information content (AvgIpc) is 2.92. The van der Waals surface area contributed by atoms with E-state index in [4.69, 9.17) is 4.74 Å². The molecule has 1 heterocycles. The molecule has 0 unspecified atom stereocenters. The summed E-state index contributed by atoms with van der Waals surface area (Å²) in [4.78, 5) is 12.4. The minimum Gasteiger partial charge on any atom is -0.493 e. The largest absolute Gasteiger partial charge is 0.493 e. The Morgan fingerprint density at radius 2 is 1.93 bits per heavy atom. The van der Waals surface area contributed by atoms with Crippen molar-refractivity contribution in [1.82, 2.24) is 4.57 Å². The summed E-state index contributed by atoms with van der Waals surface area (Å²) in [5, 5.41) is 19.0. The Kier molecular flexibility index (Phi) is 6.67. The van der Waals surface area contributed by atoms with Crippen LogP contribution in [-0.2, 0) is 11.8 Å². The number of fused-ring (bicyclic) bond motifs is 1. The van der Waals surface area contributed by atoms with Crippen LogP contribution in [-0.4, -0.2) is 22.2 Å². The summed E-state index contributed by atoms with van der Waals surface area (Å²) in [6.45, 7) is 7.76. The minimum atomic E-state index is -0.543. The van der Waals surface area contributed by atoms with E-state index in [0.717, 1.165) is 36.5 Å². The molecule has 0 radical (unpaired) electrons. The van der Waals surface area contributed by atoms with Crippen molar-refractivity contribution in [3.05, 3.63) is 49.9 Å². The molecule has 1 N–H and O–H groups in total. The number of aromatic hydroxyl groups is 1. The minimum absolute atomic E-state index is 0.0378. The molecule has 0 saturated carbocycles. The molecular weight excluding hydrogens is 514 g/mol. The normalized spacial score (nSPS) is 11.7. The molecule has 3 aromatic rings. The number of para-hydroxylation sites is 1. The summed E-state index contributed by atoms with van der Waals surface area (Å²) in [5.41, 5.74) is 4.08. The number of hydrogen-bond donors (Lipinski definition) is 1. The van der Waals surface area contributed by atoms with Gasteiger partial charge in [-0.25, -0.2) is 0 Å². The number of nitrogens with zero attached hydrogens (tertiary/aromatic N) is 3. The van der Waals surface area contributed by atoms with Gasteiger partial charge in [-0.15, -0.1) is 10.2 Å². The van der Waals surface area contributed by atoms with Crippen molar-refractivity contribution < 1.29 is 14.6 Å². The van der Waals surface area contributed by atoms with Gasteiger partial charge in [0.15, 0.2) is 12.3 Å². The van der Waals surface area contributed by atoms with Crippen LogP contribution in [0.25, 0.3) is 10.9 Å². The fraction of sp³-hybridized carbons (Fsp3) is 0.318. The monoisotopic (exact) mass is 535 g/mol. The van der Waals surface area contributed by atoms with Crippen molar-refractivity contribution >= 4 is 54.4 Å². The van der Waals surface area contributed by atoms with Crippen LogP contribution in [0.2, 0.25) is 0 Å². The molecule has 0 aliphatic rings. The van der Waals surface area contributed by atoms with Crippen LogP contribution < -0.4 is 4.74 Å². The summed E-state index contributed by atoms with van der Waals surface area (Å²) in [6, 6.07) is 7.68. The predicted molar refractivity (Wildman–Crippen MR) is 125 cm³/mol. The second-order valence-electron chi connectivity index (χ2n) is 7.47. The fourth-order valence-corrected chi connectivity index (χ4v) is 4.89. The number of aromatic nitrogens is 1. The van der Waals surface area contributed by atoms with Gasteiger partial charge in [0.25, 0.3) is 0 Å².